The van der Waals surface area contributed by atoms with E-state index in [1.165, 1.54) is 31.4 Å². The molecule has 0 aliphatic rings. The van der Waals surface area contributed by atoms with Gasteiger partial charge in [0.15, 0.2) is 0 Å². The number of carbonyl (C=O) groups is 2. The molecule has 2 amide bonds. The zero-order chi connectivity index (χ0) is 15.4. The smallest absolute Gasteiger partial charge is 0.266 e. The Morgan fingerprint density at radius 1 is 0.810 bits per heavy atom. The van der Waals surface area contributed by atoms with E-state index in [2.05, 4.69) is 0 Å². The van der Waals surface area contributed by atoms with Crippen molar-refractivity contribution < 1.29 is 14.4 Å². The number of hydrogen-bond donors (Lipinski definition) is 0. The number of rotatable bonds is 3. The Morgan fingerprint density at radius 2 is 1.14 bits per heavy atom. The van der Waals surface area contributed by atoms with Crippen LogP contribution in [0.4, 0.5) is 0 Å². The van der Waals surface area contributed by atoms with Crippen molar-refractivity contribution in [1.29, 1.82) is 0 Å². The number of amides is 2. The van der Waals surface area contributed by atoms with E-state index in [-0.39, 0.29) is 0 Å². The first-order valence-electron chi connectivity index (χ1n) is 5.97. The molecule has 6 heteroatoms. The lowest BCUT2D eigenvalue weighted by Gasteiger charge is -2.17. The predicted molar refractivity (Wildman–Crippen MR) is 80.4 cm³/mol. The monoisotopic (exact) mass is 323 g/mol. The SMILES string of the molecule is CON(C(=O)c1ccc(Cl)cc1)C(=O)c1ccc(Cl)cc1. The molecule has 2 aromatic rings. The second kappa shape index (κ2) is 6.72. The second-order valence-corrected chi connectivity index (χ2v) is 4.97. The van der Waals surface area contributed by atoms with Crippen molar-refractivity contribution in [3.05, 3.63) is 69.7 Å². The summed E-state index contributed by atoms with van der Waals surface area (Å²) >= 11 is 11.5. The van der Waals surface area contributed by atoms with E-state index in [1.54, 1.807) is 24.3 Å². The van der Waals surface area contributed by atoms with Crippen molar-refractivity contribution in [3.63, 3.8) is 0 Å². The third-order valence-corrected chi connectivity index (χ3v) is 3.24. The molecule has 0 aliphatic carbocycles. The van der Waals surface area contributed by atoms with Crippen LogP contribution in [0.25, 0.3) is 0 Å². The molecule has 0 fully saturated rings. The van der Waals surface area contributed by atoms with Crippen LogP contribution in [0.15, 0.2) is 48.5 Å². The molecule has 0 unspecified atom stereocenters. The normalized spacial score (nSPS) is 10.2. The highest BCUT2D eigenvalue weighted by atomic mass is 35.5. The maximum Gasteiger partial charge on any atom is 0.285 e. The van der Waals surface area contributed by atoms with Gasteiger partial charge in [-0.15, -0.1) is 5.06 Å². The lowest BCUT2D eigenvalue weighted by Crippen LogP contribution is -2.36. The average molecular weight is 324 g/mol. The van der Waals surface area contributed by atoms with Gasteiger partial charge in [-0.3, -0.25) is 14.4 Å². The third-order valence-electron chi connectivity index (χ3n) is 2.73. The fraction of sp³-hybridized carbons (Fsp3) is 0.0667. The lowest BCUT2D eigenvalue weighted by molar-refractivity contribution is -0.0684. The lowest BCUT2D eigenvalue weighted by atomic mass is 10.2. The number of hydroxylamine groups is 2. The van der Waals surface area contributed by atoms with Crippen LogP contribution in [0.3, 0.4) is 0 Å². The summed E-state index contributed by atoms with van der Waals surface area (Å²) in [5.41, 5.74) is 0.590. The van der Waals surface area contributed by atoms with Crippen LogP contribution in [0.5, 0.6) is 0 Å². The summed E-state index contributed by atoms with van der Waals surface area (Å²) in [4.78, 5) is 29.5. The highest BCUT2D eigenvalue weighted by molar-refractivity contribution is 6.31. The molecular formula is C15H11Cl2NO3. The summed E-state index contributed by atoms with van der Waals surface area (Å²) in [6.07, 6.45) is 0. The highest BCUT2D eigenvalue weighted by Crippen LogP contribution is 2.15. The van der Waals surface area contributed by atoms with Gasteiger partial charge in [-0.25, -0.2) is 0 Å². The second-order valence-electron chi connectivity index (χ2n) is 4.10. The van der Waals surface area contributed by atoms with Gasteiger partial charge >= 0.3 is 0 Å². The van der Waals surface area contributed by atoms with Crippen molar-refractivity contribution in [1.82, 2.24) is 5.06 Å². The van der Waals surface area contributed by atoms with E-state index in [4.69, 9.17) is 28.0 Å². The van der Waals surface area contributed by atoms with E-state index in [0.29, 0.717) is 26.2 Å². The van der Waals surface area contributed by atoms with Crippen LogP contribution >= 0.6 is 23.2 Å². The fourth-order valence-corrected chi connectivity index (χ4v) is 1.93. The Labute approximate surface area is 131 Å². The van der Waals surface area contributed by atoms with Crippen LogP contribution < -0.4 is 0 Å². The van der Waals surface area contributed by atoms with Gasteiger partial charge in [-0.05, 0) is 48.5 Å². The van der Waals surface area contributed by atoms with Crippen LogP contribution in [0.2, 0.25) is 10.0 Å². The van der Waals surface area contributed by atoms with Crippen molar-refractivity contribution in [2.45, 2.75) is 0 Å². The summed E-state index contributed by atoms with van der Waals surface area (Å²) in [5.74, 6) is -1.15. The molecule has 4 nitrogen and oxygen atoms in total. The van der Waals surface area contributed by atoms with E-state index in [1.807, 2.05) is 0 Å². The Balaban J connectivity index is 2.26. The van der Waals surface area contributed by atoms with Gasteiger partial charge in [0.1, 0.15) is 0 Å². The third kappa shape index (κ3) is 3.61. The zero-order valence-corrected chi connectivity index (χ0v) is 12.6. The number of imide groups is 1. The van der Waals surface area contributed by atoms with E-state index in [0.717, 1.165) is 0 Å². The number of carbonyl (C=O) groups excluding carboxylic acids is 2. The minimum absolute atomic E-state index is 0.295. The molecule has 0 atom stereocenters. The topological polar surface area (TPSA) is 46.6 Å². The largest absolute Gasteiger partial charge is 0.285 e. The molecule has 108 valence electrons. The maximum absolute atomic E-state index is 12.3. The van der Waals surface area contributed by atoms with Crippen LogP contribution in [0.1, 0.15) is 20.7 Å². The van der Waals surface area contributed by atoms with Gasteiger partial charge in [0.25, 0.3) is 11.8 Å². The van der Waals surface area contributed by atoms with Crippen LogP contribution in [-0.4, -0.2) is 24.0 Å². The Morgan fingerprint density at radius 3 is 1.43 bits per heavy atom. The minimum atomic E-state index is -0.575. The number of hydrogen-bond acceptors (Lipinski definition) is 3. The van der Waals surface area contributed by atoms with E-state index < -0.39 is 11.8 Å². The average Bonchev–Trinajstić information content (AvgIpc) is 2.49. The molecule has 0 spiro atoms. The molecule has 0 N–H and O–H groups in total. The number of benzene rings is 2. The zero-order valence-electron chi connectivity index (χ0n) is 11.0. The van der Waals surface area contributed by atoms with Crippen molar-refractivity contribution >= 4 is 35.0 Å². The van der Waals surface area contributed by atoms with Gasteiger partial charge in [0.2, 0.25) is 0 Å². The fourth-order valence-electron chi connectivity index (χ4n) is 1.68. The Hall–Kier alpha value is -1.88. The molecule has 2 rings (SSSR count). The summed E-state index contributed by atoms with van der Waals surface area (Å²) < 4.78 is 0. The van der Waals surface area contributed by atoms with Gasteiger partial charge in [0.05, 0.1) is 7.11 Å². The van der Waals surface area contributed by atoms with Gasteiger partial charge in [0, 0.05) is 21.2 Å². The molecule has 0 radical (unpaired) electrons. The Kier molecular flexibility index (Phi) is 4.96. The standard InChI is InChI=1S/C15H11Cl2NO3/c1-21-18(14(19)10-2-6-12(16)7-3-10)15(20)11-4-8-13(17)9-5-11/h2-9H,1H3. The maximum atomic E-state index is 12.3. The molecule has 0 aliphatic heterocycles. The van der Waals surface area contributed by atoms with Crippen molar-refractivity contribution in [2.24, 2.45) is 0 Å². The molecule has 0 heterocycles. The molecule has 2 aromatic carbocycles. The van der Waals surface area contributed by atoms with Gasteiger partial charge in [-0.1, -0.05) is 23.2 Å². The van der Waals surface area contributed by atoms with Crippen LogP contribution in [0, 0.1) is 0 Å². The number of nitrogens with zero attached hydrogens (tertiary/aromatic N) is 1. The molecule has 21 heavy (non-hydrogen) atoms. The van der Waals surface area contributed by atoms with Gasteiger partial charge < -0.3 is 0 Å². The quantitative estimate of drug-likeness (QED) is 0.637. The van der Waals surface area contributed by atoms with Crippen LogP contribution in [-0.2, 0) is 4.84 Å². The first kappa shape index (κ1) is 15.5. The number of halogens is 2. The summed E-state index contributed by atoms with van der Waals surface area (Å²) in [6.45, 7) is 0. The van der Waals surface area contributed by atoms with Crippen molar-refractivity contribution in [3.8, 4) is 0 Å². The molecule has 0 saturated carbocycles. The summed E-state index contributed by atoms with van der Waals surface area (Å²) in [5, 5.41) is 1.69. The predicted octanol–water partition coefficient (Wildman–Crippen LogP) is 3.84. The first-order valence-corrected chi connectivity index (χ1v) is 6.72. The van der Waals surface area contributed by atoms with Gasteiger partial charge in [-0.2, -0.15) is 0 Å². The molecule has 0 bridgehead atoms. The summed E-state index contributed by atoms with van der Waals surface area (Å²) in [6, 6.07) is 12.3. The van der Waals surface area contributed by atoms with E-state index in [9.17, 15) is 9.59 Å². The molecule has 0 aromatic heterocycles. The highest BCUT2D eigenvalue weighted by Gasteiger charge is 2.24. The molecular weight excluding hydrogens is 313 g/mol. The minimum Gasteiger partial charge on any atom is -0.266 e. The molecule has 0 saturated heterocycles. The first-order chi connectivity index (χ1) is 10.0. The van der Waals surface area contributed by atoms with Crippen molar-refractivity contribution in [2.75, 3.05) is 7.11 Å². The Bertz CT molecular complexity index is 596. The van der Waals surface area contributed by atoms with E-state index >= 15 is 0 Å². The summed E-state index contributed by atoms with van der Waals surface area (Å²) in [7, 11) is 1.25.